The summed E-state index contributed by atoms with van der Waals surface area (Å²) in [5.41, 5.74) is 1.62. The molecule has 0 fully saturated rings. The molecule has 2 aromatic carbocycles. The van der Waals surface area contributed by atoms with Crippen molar-refractivity contribution in [1.82, 2.24) is 0 Å². The largest absolute Gasteiger partial charge is 0.479 e. The van der Waals surface area contributed by atoms with E-state index in [1.165, 1.54) is 12.1 Å². The molecule has 2 aromatic rings. The van der Waals surface area contributed by atoms with Crippen LogP contribution >= 0.6 is 27.5 Å². The number of rotatable bonds is 4. The smallest absolute Gasteiger partial charge is 0.330 e. The number of hydrogen-bond acceptors (Lipinski definition) is 2. The Bertz CT molecular complexity index is 673. The molecule has 0 heterocycles. The SMILES string of the molecule is Cc1cc(F)cc(NC(C(=O)O)c2ccc(Cl)cc2Br)c1. The van der Waals surface area contributed by atoms with Crippen molar-refractivity contribution in [1.29, 1.82) is 0 Å². The first kappa shape index (κ1) is 15.8. The first-order valence-electron chi connectivity index (χ1n) is 6.08. The standard InChI is InChI=1S/C15H12BrClFNO2/c1-8-4-10(18)7-11(5-8)19-14(15(20)21)12-3-2-9(17)6-13(12)16/h2-7,14,19H,1H3,(H,20,21). The van der Waals surface area contributed by atoms with E-state index in [0.717, 1.165) is 0 Å². The Kier molecular flexibility index (Phi) is 4.85. The summed E-state index contributed by atoms with van der Waals surface area (Å²) in [7, 11) is 0. The van der Waals surface area contributed by atoms with Crippen molar-refractivity contribution in [2.24, 2.45) is 0 Å². The van der Waals surface area contributed by atoms with Gasteiger partial charge in [-0.3, -0.25) is 0 Å². The molecule has 21 heavy (non-hydrogen) atoms. The Morgan fingerprint density at radius 1 is 1.33 bits per heavy atom. The Labute approximate surface area is 134 Å². The van der Waals surface area contributed by atoms with Gasteiger partial charge in [-0.05, 0) is 48.4 Å². The third-order valence-electron chi connectivity index (χ3n) is 2.87. The van der Waals surface area contributed by atoms with Crippen LogP contribution in [-0.4, -0.2) is 11.1 Å². The second-order valence-corrected chi connectivity index (χ2v) is 5.89. The van der Waals surface area contributed by atoms with Crippen LogP contribution in [0.15, 0.2) is 40.9 Å². The maximum Gasteiger partial charge on any atom is 0.330 e. The van der Waals surface area contributed by atoms with Crippen LogP contribution in [-0.2, 0) is 4.79 Å². The van der Waals surface area contributed by atoms with Crippen molar-refractivity contribution in [3.8, 4) is 0 Å². The highest BCUT2D eigenvalue weighted by molar-refractivity contribution is 9.10. The summed E-state index contributed by atoms with van der Waals surface area (Å²) < 4.78 is 14.0. The Morgan fingerprint density at radius 2 is 2.05 bits per heavy atom. The van der Waals surface area contributed by atoms with Gasteiger partial charge in [-0.25, -0.2) is 9.18 Å². The lowest BCUT2D eigenvalue weighted by atomic mass is 10.1. The number of benzene rings is 2. The number of hydrogen-bond donors (Lipinski definition) is 2. The average Bonchev–Trinajstić information content (AvgIpc) is 2.35. The average molecular weight is 373 g/mol. The molecule has 0 radical (unpaired) electrons. The fourth-order valence-electron chi connectivity index (χ4n) is 1.99. The van der Waals surface area contributed by atoms with Gasteiger partial charge >= 0.3 is 5.97 Å². The molecule has 110 valence electrons. The number of carbonyl (C=O) groups is 1. The van der Waals surface area contributed by atoms with Crippen molar-refractivity contribution in [3.63, 3.8) is 0 Å². The summed E-state index contributed by atoms with van der Waals surface area (Å²) >= 11 is 9.15. The van der Waals surface area contributed by atoms with Gasteiger partial charge in [0.1, 0.15) is 5.82 Å². The molecule has 0 saturated heterocycles. The first-order valence-corrected chi connectivity index (χ1v) is 7.25. The minimum atomic E-state index is -1.07. The van der Waals surface area contributed by atoms with Gasteiger partial charge < -0.3 is 10.4 Å². The van der Waals surface area contributed by atoms with Crippen LogP contribution in [0.4, 0.5) is 10.1 Å². The molecule has 0 aliphatic heterocycles. The van der Waals surface area contributed by atoms with E-state index in [4.69, 9.17) is 11.6 Å². The molecular weight excluding hydrogens is 361 g/mol. The van der Waals surface area contributed by atoms with Gasteiger partial charge in [0, 0.05) is 15.2 Å². The number of carboxylic acids is 1. The molecule has 6 heteroatoms. The number of aryl methyl sites for hydroxylation is 1. The van der Waals surface area contributed by atoms with Crippen molar-refractivity contribution < 1.29 is 14.3 Å². The van der Waals surface area contributed by atoms with Gasteiger partial charge in [-0.1, -0.05) is 33.6 Å². The molecule has 0 spiro atoms. The highest BCUT2D eigenvalue weighted by Gasteiger charge is 2.22. The molecule has 0 aliphatic rings. The molecule has 0 bridgehead atoms. The summed E-state index contributed by atoms with van der Waals surface area (Å²) in [4.78, 5) is 11.5. The van der Waals surface area contributed by atoms with Gasteiger partial charge in [-0.15, -0.1) is 0 Å². The van der Waals surface area contributed by atoms with Gasteiger partial charge in [0.2, 0.25) is 0 Å². The number of halogens is 3. The fourth-order valence-corrected chi connectivity index (χ4v) is 2.91. The highest BCUT2D eigenvalue weighted by atomic mass is 79.9. The monoisotopic (exact) mass is 371 g/mol. The molecular formula is C15H12BrClFNO2. The third kappa shape index (κ3) is 3.95. The zero-order valence-corrected chi connectivity index (χ0v) is 13.4. The lowest BCUT2D eigenvalue weighted by molar-refractivity contribution is -0.138. The van der Waals surface area contributed by atoms with Gasteiger partial charge in [0.05, 0.1) is 0 Å². The topological polar surface area (TPSA) is 49.3 Å². The second-order valence-electron chi connectivity index (χ2n) is 4.60. The Hall–Kier alpha value is -1.59. The van der Waals surface area contributed by atoms with Crippen LogP contribution < -0.4 is 5.32 Å². The zero-order chi connectivity index (χ0) is 15.6. The predicted molar refractivity (Wildman–Crippen MR) is 84.3 cm³/mol. The Morgan fingerprint density at radius 3 is 2.62 bits per heavy atom. The summed E-state index contributed by atoms with van der Waals surface area (Å²) in [5.74, 6) is -1.49. The van der Waals surface area contributed by atoms with Crippen LogP contribution in [0.3, 0.4) is 0 Å². The molecule has 1 unspecified atom stereocenters. The van der Waals surface area contributed by atoms with E-state index in [2.05, 4.69) is 21.2 Å². The molecule has 0 saturated carbocycles. The summed E-state index contributed by atoms with van der Waals surface area (Å²) in [5, 5.41) is 12.7. The lowest BCUT2D eigenvalue weighted by Gasteiger charge is -2.18. The zero-order valence-electron chi connectivity index (χ0n) is 11.0. The van der Waals surface area contributed by atoms with E-state index in [9.17, 15) is 14.3 Å². The van der Waals surface area contributed by atoms with Gasteiger partial charge in [-0.2, -0.15) is 0 Å². The molecule has 0 amide bonds. The maximum atomic E-state index is 13.4. The van der Waals surface area contributed by atoms with Gasteiger partial charge in [0.25, 0.3) is 0 Å². The van der Waals surface area contributed by atoms with E-state index in [1.807, 2.05) is 0 Å². The maximum absolute atomic E-state index is 13.4. The Balaban J connectivity index is 2.37. The second kappa shape index (κ2) is 6.45. The van der Waals surface area contributed by atoms with E-state index >= 15 is 0 Å². The summed E-state index contributed by atoms with van der Waals surface area (Å²) in [6.45, 7) is 1.74. The minimum absolute atomic E-state index is 0.404. The van der Waals surface area contributed by atoms with Crippen LogP contribution in [0.25, 0.3) is 0 Å². The minimum Gasteiger partial charge on any atom is -0.479 e. The van der Waals surface area contributed by atoms with Crippen molar-refractivity contribution in [3.05, 3.63) is 62.8 Å². The number of aliphatic carboxylic acids is 1. The molecule has 1 atom stereocenters. The van der Waals surface area contributed by atoms with E-state index in [-0.39, 0.29) is 0 Å². The molecule has 0 aliphatic carbocycles. The van der Waals surface area contributed by atoms with Crippen LogP contribution in [0.5, 0.6) is 0 Å². The lowest BCUT2D eigenvalue weighted by Crippen LogP contribution is -2.21. The molecule has 3 nitrogen and oxygen atoms in total. The van der Waals surface area contributed by atoms with E-state index in [0.29, 0.717) is 26.3 Å². The van der Waals surface area contributed by atoms with E-state index in [1.54, 1.807) is 31.2 Å². The van der Waals surface area contributed by atoms with Gasteiger partial charge in [0.15, 0.2) is 6.04 Å². The van der Waals surface area contributed by atoms with Crippen LogP contribution in [0.2, 0.25) is 5.02 Å². The fraction of sp³-hybridized carbons (Fsp3) is 0.133. The molecule has 2 rings (SSSR count). The number of anilines is 1. The van der Waals surface area contributed by atoms with E-state index < -0.39 is 17.8 Å². The van der Waals surface area contributed by atoms with Crippen molar-refractivity contribution >= 4 is 39.2 Å². The molecule has 2 N–H and O–H groups in total. The van der Waals surface area contributed by atoms with Crippen molar-refractivity contribution in [2.75, 3.05) is 5.32 Å². The number of carboxylic acid groups (broad SMARTS) is 1. The van der Waals surface area contributed by atoms with Crippen LogP contribution in [0, 0.1) is 12.7 Å². The number of nitrogens with one attached hydrogen (secondary N) is 1. The summed E-state index contributed by atoms with van der Waals surface area (Å²) in [6, 6.07) is 8.14. The quantitative estimate of drug-likeness (QED) is 0.811. The predicted octanol–water partition coefficient (Wildman–Crippen LogP) is 4.79. The molecule has 0 aromatic heterocycles. The highest BCUT2D eigenvalue weighted by Crippen LogP contribution is 2.29. The third-order valence-corrected chi connectivity index (χ3v) is 3.80. The summed E-state index contributed by atoms with van der Waals surface area (Å²) in [6.07, 6.45) is 0. The first-order chi connectivity index (χ1) is 9.86. The van der Waals surface area contributed by atoms with Crippen molar-refractivity contribution in [2.45, 2.75) is 13.0 Å². The normalized spacial score (nSPS) is 12.0. The van der Waals surface area contributed by atoms with Crippen LogP contribution in [0.1, 0.15) is 17.2 Å².